The van der Waals surface area contributed by atoms with Gasteiger partial charge in [0.1, 0.15) is 0 Å². The highest BCUT2D eigenvalue weighted by molar-refractivity contribution is 4.68. The standard InChI is InChI=1S/C12H25N.CH4/c1-2-3-4-5-6-7-12-8-10-13-11-9-12;/h12-13H,2-11H2,1H3;1H4. The first-order chi connectivity index (χ1) is 6.43. The molecule has 1 saturated heterocycles. The van der Waals surface area contributed by atoms with Crippen molar-refractivity contribution < 1.29 is 0 Å². The minimum absolute atomic E-state index is 0. The first kappa shape index (κ1) is 14.0. The van der Waals surface area contributed by atoms with Crippen LogP contribution in [0.2, 0.25) is 0 Å². The zero-order valence-electron chi connectivity index (χ0n) is 9.15. The number of rotatable bonds is 6. The summed E-state index contributed by atoms with van der Waals surface area (Å²) >= 11 is 0. The van der Waals surface area contributed by atoms with Gasteiger partial charge in [0.05, 0.1) is 0 Å². The molecule has 86 valence electrons. The second kappa shape index (κ2) is 9.51. The van der Waals surface area contributed by atoms with Gasteiger partial charge in [-0.3, -0.25) is 0 Å². The quantitative estimate of drug-likeness (QED) is 0.638. The smallest absolute Gasteiger partial charge is 0.00463 e. The maximum absolute atomic E-state index is 3.43. The highest BCUT2D eigenvalue weighted by Crippen LogP contribution is 2.19. The van der Waals surface area contributed by atoms with Gasteiger partial charge in [-0.25, -0.2) is 0 Å². The zero-order chi connectivity index (χ0) is 9.36. The minimum Gasteiger partial charge on any atom is -0.317 e. The average molecular weight is 199 g/mol. The summed E-state index contributed by atoms with van der Waals surface area (Å²) in [6.45, 7) is 4.81. The molecule has 1 heteroatoms. The molecule has 0 unspecified atom stereocenters. The fourth-order valence-corrected chi connectivity index (χ4v) is 2.21. The van der Waals surface area contributed by atoms with Crippen molar-refractivity contribution in [2.24, 2.45) is 5.92 Å². The molecule has 0 aromatic heterocycles. The number of unbranched alkanes of at least 4 members (excludes halogenated alkanes) is 4. The lowest BCUT2D eigenvalue weighted by Crippen LogP contribution is -2.27. The first-order valence-electron chi connectivity index (χ1n) is 6.14. The van der Waals surface area contributed by atoms with Crippen LogP contribution >= 0.6 is 0 Å². The monoisotopic (exact) mass is 199 g/mol. The Balaban J connectivity index is 0.00000169. The SMILES string of the molecule is C.CCCCCCCC1CCNCC1. The largest absolute Gasteiger partial charge is 0.317 e. The van der Waals surface area contributed by atoms with Crippen LogP contribution in [0.15, 0.2) is 0 Å². The second-order valence-corrected chi connectivity index (χ2v) is 4.40. The number of piperidine rings is 1. The highest BCUT2D eigenvalue weighted by atomic mass is 14.9. The van der Waals surface area contributed by atoms with Crippen molar-refractivity contribution in [2.75, 3.05) is 13.1 Å². The van der Waals surface area contributed by atoms with Gasteiger partial charge in [-0.2, -0.15) is 0 Å². The molecule has 0 bridgehead atoms. The van der Waals surface area contributed by atoms with Crippen molar-refractivity contribution >= 4 is 0 Å². The Morgan fingerprint density at radius 2 is 1.64 bits per heavy atom. The molecule has 1 rings (SSSR count). The number of hydrogen-bond acceptors (Lipinski definition) is 1. The molecule has 1 aliphatic rings. The maximum Gasteiger partial charge on any atom is -0.00463 e. The van der Waals surface area contributed by atoms with Gasteiger partial charge in [-0.05, 0) is 31.8 Å². The summed E-state index contributed by atoms with van der Waals surface area (Å²) in [6, 6.07) is 0. The average Bonchev–Trinajstić information content (AvgIpc) is 2.19. The molecular weight excluding hydrogens is 170 g/mol. The van der Waals surface area contributed by atoms with Crippen molar-refractivity contribution in [3.8, 4) is 0 Å². The summed E-state index contributed by atoms with van der Waals surface area (Å²) in [6.07, 6.45) is 11.6. The van der Waals surface area contributed by atoms with Gasteiger partial charge < -0.3 is 5.32 Å². The van der Waals surface area contributed by atoms with Gasteiger partial charge in [0, 0.05) is 0 Å². The molecule has 0 spiro atoms. The molecule has 0 saturated carbocycles. The molecule has 0 aliphatic carbocycles. The molecule has 0 aromatic rings. The third-order valence-corrected chi connectivity index (χ3v) is 3.17. The summed E-state index contributed by atoms with van der Waals surface area (Å²) in [5.41, 5.74) is 0. The Labute approximate surface area is 90.7 Å². The van der Waals surface area contributed by atoms with E-state index in [2.05, 4.69) is 12.2 Å². The third kappa shape index (κ3) is 6.42. The van der Waals surface area contributed by atoms with Crippen LogP contribution in [0.25, 0.3) is 0 Å². The lowest BCUT2D eigenvalue weighted by Gasteiger charge is -2.22. The summed E-state index contributed by atoms with van der Waals surface area (Å²) < 4.78 is 0. The van der Waals surface area contributed by atoms with Crippen molar-refractivity contribution in [1.29, 1.82) is 0 Å². The normalized spacial score (nSPS) is 17.8. The highest BCUT2D eigenvalue weighted by Gasteiger charge is 2.11. The fourth-order valence-electron chi connectivity index (χ4n) is 2.21. The van der Waals surface area contributed by atoms with Crippen LogP contribution in [0.3, 0.4) is 0 Å². The van der Waals surface area contributed by atoms with Crippen LogP contribution in [0.1, 0.15) is 65.7 Å². The van der Waals surface area contributed by atoms with E-state index in [4.69, 9.17) is 0 Å². The molecule has 0 amide bonds. The van der Waals surface area contributed by atoms with E-state index in [9.17, 15) is 0 Å². The summed E-state index contributed by atoms with van der Waals surface area (Å²) in [5.74, 6) is 1.04. The third-order valence-electron chi connectivity index (χ3n) is 3.17. The Bertz CT molecular complexity index is 106. The molecule has 0 atom stereocenters. The first-order valence-corrected chi connectivity index (χ1v) is 6.14. The Morgan fingerprint density at radius 1 is 1.00 bits per heavy atom. The van der Waals surface area contributed by atoms with Crippen LogP contribution in [0.5, 0.6) is 0 Å². The van der Waals surface area contributed by atoms with Gasteiger partial charge in [-0.1, -0.05) is 52.9 Å². The van der Waals surface area contributed by atoms with Crippen molar-refractivity contribution in [1.82, 2.24) is 5.32 Å². The predicted molar refractivity (Wildman–Crippen MR) is 65.7 cm³/mol. The molecule has 1 heterocycles. The van der Waals surface area contributed by atoms with E-state index in [1.807, 2.05) is 0 Å². The fraction of sp³-hybridized carbons (Fsp3) is 1.00. The Hall–Kier alpha value is -0.0400. The molecule has 0 radical (unpaired) electrons. The van der Waals surface area contributed by atoms with Crippen molar-refractivity contribution in [3.63, 3.8) is 0 Å². The van der Waals surface area contributed by atoms with Crippen LogP contribution in [0, 0.1) is 5.92 Å². The summed E-state index contributed by atoms with van der Waals surface area (Å²) in [7, 11) is 0. The topological polar surface area (TPSA) is 12.0 Å². The molecule has 1 fully saturated rings. The van der Waals surface area contributed by atoms with E-state index < -0.39 is 0 Å². The summed E-state index contributed by atoms with van der Waals surface area (Å²) in [5, 5.41) is 3.43. The molecule has 1 nitrogen and oxygen atoms in total. The van der Waals surface area contributed by atoms with Gasteiger partial charge in [-0.15, -0.1) is 0 Å². The van der Waals surface area contributed by atoms with Gasteiger partial charge in [0.2, 0.25) is 0 Å². The second-order valence-electron chi connectivity index (χ2n) is 4.40. The molecule has 0 aromatic carbocycles. The maximum atomic E-state index is 3.43. The lowest BCUT2D eigenvalue weighted by molar-refractivity contribution is 0.342. The molecular formula is C13H29N. The number of nitrogens with one attached hydrogen (secondary N) is 1. The van der Waals surface area contributed by atoms with Crippen LogP contribution in [-0.2, 0) is 0 Å². The van der Waals surface area contributed by atoms with E-state index in [0.717, 1.165) is 5.92 Å². The van der Waals surface area contributed by atoms with Gasteiger partial charge in [0.15, 0.2) is 0 Å². The molecule has 14 heavy (non-hydrogen) atoms. The molecule has 1 N–H and O–H groups in total. The number of hydrogen-bond donors (Lipinski definition) is 1. The van der Waals surface area contributed by atoms with E-state index in [1.54, 1.807) is 0 Å². The summed E-state index contributed by atoms with van der Waals surface area (Å²) in [4.78, 5) is 0. The van der Waals surface area contributed by atoms with E-state index in [-0.39, 0.29) is 7.43 Å². The van der Waals surface area contributed by atoms with Crippen molar-refractivity contribution in [2.45, 2.75) is 65.7 Å². The van der Waals surface area contributed by atoms with E-state index in [1.165, 1.54) is 64.5 Å². The minimum atomic E-state index is 0. The zero-order valence-corrected chi connectivity index (χ0v) is 9.15. The van der Waals surface area contributed by atoms with E-state index >= 15 is 0 Å². The Morgan fingerprint density at radius 3 is 2.29 bits per heavy atom. The van der Waals surface area contributed by atoms with Crippen molar-refractivity contribution in [3.05, 3.63) is 0 Å². The Kier molecular flexibility index (Phi) is 9.49. The van der Waals surface area contributed by atoms with Crippen LogP contribution in [-0.4, -0.2) is 13.1 Å². The molecule has 1 aliphatic heterocycles. The van der Waals surface area contributed by atoms with Crippen LogP contribution in [0.4, 0.5) is 0 Å². The van der Waals surface area contributed by atoms with Crippen LogP contribution < -0.4 is 5.32 Å². The lowest BCUT2D eigenvalue weighted by atomic mass is 9.92. The van der Waals surface area contributed by atoms with Gasteiger partial charge in [0.25, 0.3) is 0 Å². The van der Waals surface area contributed by atoms with Gasteiger partial charge >= 0.3 is 0 Å². The van der Waals surface area contributed by atoms with E-state index in [0.29, 0.717) is 0 Å². The predicted octanol–water partition coefficient (Wildman–Crippen LogP) is 3.98.